The lowest BCUT2D eigenvalue weighted by atomic mass is 9.91. The van der Waals surface area contributed by atoms with Crippen LogP contribution in [-0.2, 0) is 9.53 Å². The Balaban J connectivity index is 1.81. The van der Waals surface area contributed by atoms with Gasteiger partial charge in [-0.25, -0.2) is 4.79 Å². The Hall–Kier alpha value is -0.750. The molecular weight excluding hydrogens is 242 g/mol. The smallest absolute Gasteiger partial charge is 0.377 e. The molecule has 18 heavy (non-hydrogen) atoms. The lowest BCUT2D eigenvalue weighted by Crippen LogP contribution is -2.42. The number of carbonyl (C=O) groups is 1. The van der Waals surface area contributed by atoms with E-state index in [1.54, 1.807) is 0 Å². The van der Waals surface area contributed by atoms with Crippen LogP contribution in [0.3, 0.4) is 0 Å². The minimum absolute atomic E-state index is 0.267. The Kier molecular flexibility index (Phi) is 3.87. The van der Waals surface area contributed by atoms with Gasteiger partial charge in [0.05, 0.1) is 6.42 Å². The van der Waals surface area contributed by atoms with E-state index in [1.165, 1.54) is 0 Å². The standard InChI is InChI=1S/C12H20F2N2O2/c1-16(9-4-2-8(15)3-5-9)7-10-6-12(13,14)11(17)18-10/h8-10H,2-7,15H2,1H3. The third kappa shape index (κ3) is 2.98. The van der Waals surface area contributed by atoms with Crippen LogP contribution in [0, 0.1) is 0 Å². The molecule has 1 unspecified atom stereocenters. The SMILES string of the molecule is CN(CC1CC(F)(F)C(=O)O1)C1CCC(N)CC1. The fourth-order valence-electron chi connectivity index (χ4n) is 2.76. The van der Waals surface area contributed by atoms with Crippen LogP contribution in [0.1, 0.15) is 32.1 Å². The first-order chi connectivity index (χ1) is 8.38. The van der Waals surface area contributed by atoms with E-state index in [-0.39, 0.29) is 6.04 Å². The van der Waals surface area contributed by atoms with Crippen molar-refractivity contribution >= 4 is 5.97 Å². The van der Waals surface area contributed by atoms with E-state index in [4.69, 9.17) is 10.5 Å². The summed E-state index contributed by atoms with van der Waals surface area (Å²) in [6, 6.07) is 0.626. The maximum absolute atomic E-state index is 13.0. The van der Waals surface area contributed by atoms with E-state index in [9.17, 15) is 13.6 Å². The predicted molar refractivity (Wildman–Crippen MR) is 62.3 cm³/mol. The van der Waals surface area contributed by atoms with Crippen molar-refractivity contribution in [1.82, 2.24) is 4.90 Å². The zero-order valence-electron chi connectivity index (χ0n) is 10.6. The number of nitrogens with zero attached hydrogens (tertiary/aromatic N) is 1. The van der Waals surface area contributed by atoms with Crippen LogP contribution < -0.4 is 5.73 Å². The van der Waals surface area contributed by atoms with Gasteiger partial charge < -0.3 is 10.5 Å². The van der Waals surface area contributed by atoms with E-state index in [1.807, 2.05) is 11.9 Å². The van der Waals surface area contributed by atoms with Crippen LogP contribution in [0.5, 0.6) is 0 Å². The number of likely N-dealkylation sites (N-methyl/N-ethyl adjacent to an activating group) is 1. The number of halogens is 2. The van der Waals surface area contributed by atoms with Gasteiger partial charge in [0.25, 0.3) is 0 Å². The van der Waals surface area contributed by atoms with Crippen LogP contribution in [0.15, 0.2) is 0 Å². The highest BCUT2D eigenvalue weighted by molar-refractivity contribution is 5.79. The van der Waals surface area contributed by atoms with Crippen molar-refractivity contribution in [2.75, 3.05) is 13.6 Å². The second-order valence-electron chi connectivity index (χ2n) is 5.44. The zero-order valence-corrected chi connectivity index (χ0v) is 10.6. The largest absolute Gasteiger partial charge is 0.456 e. The van der Waals surface area contributed by atoms with Crippen molar-refractivity contribution in [3.63, 3.8) is 0 Å². The zero-order chi connectivity index (χ0) is 13.3. The molecule has 0 radical (unpaired) electrons. The van der Waals surface area contributed by atoms with E-state index in [0.29, 0.717) is 12.6 Å². The molecule has 0 amide bonds. The normalized spacial score (nSPS) is 35.8. The number of cyclic esters (lactones) is 1. The lowest BCUT2D eigenvalue weighted by Gasteiger charge is -2.34. The summed E-state index contributed by atoms with van der Waals surface area (Å²) in [4.78, 5) is 12.9. The topological polar surface area (TPSA) is 55.6 Å². The number of ether oxygens (including phenoxy) is 1. The molecule has 1 heterocycles. The molecule has 1 saturated heterocycles. The van der Waals surface area contributed by atoms with E-state index < -0.39 is 24.4 Å². The summed E-state index contributed by atoms with van der Waals surface area (Å²) < 4.78 is 30.7. The van der Waals surface area contributed by atoms with Gasteiger partial charge in [-0.1, -0.05) is 0 Å². The number of hydrogen-bond acceptors (Lipinski definition) is 4. The first-order valence-corrected chi connectivity index (χ1v) is 6.43. The molecule has 4 nitrogen and oxygen atoms in total. The molecule has 2 aliphatic rings. The van der Waals surface area contributed by atoms with Crippen molar-refractivity contribution < 1.29 is 18.3 Å². The highest BCUT2D eigenvalue weighted by Crippen LogP contribution is 2.32. The van der Waals surface area contributed by atoms with Gasteiger partial charge in [0, 0.05) is 18.6 Å². The Morgan fingerprint density at radius 2 is 2.00 bits per heavy atom. The second-order valence-corrected chi connectivity index (χ2v) is 5.44. The van der Waals surface area contributed by atoms with Crippen molar-refractivity contribution in [2.24, 2.45) is 5.73 Å². The van der Waals surface area contributed by atoms with Crippen molar-refractivity contribution in [1.29, 1.82) is 0 Å². The second kappa shape index (κ2) is 5.09. The van der Waals surface area contributed by atoms with Gasteiger partial charge >= 0.3 is 11.9 Å². The fourth-order valence-corrected chi connectivity index (χ4v) is 2.76. The number of rotatable bonds is 3. The minimum Gasteiger partial charge on any atom is -0.456 e. The average molecular weight is 262 g/mol. The summed E-state index contributed by atoms with van der Waals surface area (Å²) in [6.07, 6.45) is 2.71. The van der Waals surface area contributed by atoms with Gasteiger partial charge in [0.1, 0.15) is 6.10 Å². The molecule has 0 spiro atoms. The molecule has 2 fully saturated rings. The summed E-state index contributed by atoms with van der Waals surface area (Å²) in [5, 5.41) is 0. The van der Waals surface area contributed by atoms with Crippen LogP contribution >= 0.6 is 0 Å². The summed E-state index contributed by atoms with van der Waals surface area (Å²) >= 11 is 0. The third-order valence-corrected chi connectivity index (χ3v) is 3.91. The highest BCUT2D eigenvalue weighted by Gasteiger charge is 2.51. The number of hydrogen-bond donors (Lipinski definition) is 1. The van der Waals surface area contributed by atoms with E-state index in [0.717, 1.165) is 25.7 Å². The first-order valence-electron chi connectivity index (χ1n) is 6.43. The van der Waals surface area contributed by atoms with Gasteiger partial charge in [0.2, 0.25) is 0 Å². The Labute approximate surface area is 105 Å². The van der Waals surface area contributed by atoms with Gasteiger partial charge in [0.15, 0.2) is 0 Å². The van der Waals surface area contributed by atoms with Crippen LogP contribution in [0.2, 0.25) is 0 Å². The van der Waals surface area contributed by atoms with Crippen molar-refractivity contribution in [2.45, 2.75) is 56.2 Å². The molecule has 2 rings (SSSR count). The maximum Gasteiger partial charge on any atom is 0.377 e. The monoisotopic (exact) mass is 262 g/mol. The molecule has 104 valence electrons. The molecule has 0 bridgehead atoms. The molecule has 6 heteroatoms. The summed E-state index contributed by atoms with van der Waals surface area (Å²) in [7, 11) is 1.89. The van der Waals surface area contributed by atoms with Crippen LogP contribution in [-0.4, -0.2) is 48.6 Å². The van der Waals surface area contributed by atoms with Gasteiger partial charge in [-0.3, -0.25) is 4.90 Å². The highest BCUT2D eigenvalue weighted by atomic mass is 19.3. The van der Waals surface area contributed by atoms with Gasteiger partial charge in [-0.05, 0) is 32.7 Å². The maximum atomic E-state index is 13.0. The third-order valence-electron chi connectivity index (χ3n) is 3.91. The lowest BCUT2D eigenvalue weighted by molar-refractivity contribution is -0.159. The van der Waals surface area contributed by atoms with E-state index in [2.05, 4.69) is 0 Å². The fraction of sp³-hybridized carbons (Fsp3) is 0.917. The molecule has 1 atom stereocenters. The van der Waals surface area contributed by atoms with Crippen molar-refractivity contribution in [3.8, 4) is 0 Å². The summed E-state index contributed by atoms with van der Waals surface area (Å²) in [5.41, 5.74) is 5.83. The Bertz CT molecular complexity index is 317. The number of alkyl halides is 2. The number of carbonyl (C=O) groups excluding carboxylic acids is 1. The first kappa shape index (κ1) is 13.7. The average Bonchev–Trinajstić information content (AvgIpc) is 2.53. The van der Waals surface area contributed by atoms with Crippen LogP contribution in [0.4, 0.5) is 8.78 Å². The molecule has 1 aliphatic carbocycles. The number of esters is 1. The molecule has 2 N–H and O–H groups in total. The molecular formula is C12H20F2N2O2. The molecule has 0 aromatic heterocycles. The molecule has 0 aromatic carbocycles. The minimum atomic E-state index is -3.31. The van der Waals surface area contributed by atoms with E-state index >= 15 is 0 Å². The molecule has 1 saturated carbocycles. The number of nitrogens with two attached hydrogens (primary N) is 1. The Morgan fingerprint density at radius 1 is 1.39 bits per heavy atom. The van der Waals surface area contributed by atoms with Crippen LogP contribution in [0.25, 0.3) is 0 Å². The van der Waals surface area contributed by atoms with Gasteiger partial charge in [-0.2, -0.15) is 8.78 Å². The van der Waals surface area contributed by atoms with Crippen molar-refractivity contribution in [3.05, 3.63) is 0 Å². The summed E-state index contributed by atoms with van der Waals surface area (Å²) in [5.74, 6) is -4.69. The summed E-state index contributed by atoms with van der Waals surface area (Å²) in [6.45, 7) is 0.376. The predicted octanol–water partition coefficient (Wildman–Crippen LogP) is 1.14. The van der Waals surface area contributed by atoms with Gasteiger partial charge in [-0.15, -0.1) is 0 Å². The molecule has 0 aromatic rings. The quantitative estimate of drug-likeness (QED) is 0.775. The Morgan fingerprint density at radius 3 is 2.50 bits per heavy atom. The molecule has 1 aliphatic heterocycles.